The summed E-state index contributed by atoms with van der Waals surface area (Å²) in [6, 6.07) is 0.275. The fourth-order valence-electron chi connectivity index (χ4n) is 3.44. The number of ether oxygens (including phenoxy) is 1. The minimum atomic E-state index is 0.0199. The fourth-order valence-corrected chi connectivity index (χ4v) is 3.44. The number of carbonyl (C=O) groups excluding carboxylic acids is 1. The first-order valence-electron chi connectivity index (χ1n) is 8.24. The van der Waals surface area contributed by atoms with E-state index in [1.165, 1.54) is 0 Å². The molecule has 1 amide bonds. The van der Waals surface area contributed by atoms with Crippen LogP contribution in [0.2, 0.25) is 0 Å². The average Bonchev–Trinajstić information content (AvgIpc) is 2.91. The molecule has 0 aliphatic carbocycles. The molecule has 4 atom stereocenters. The van der Waals surface area contributed by atoms with Crippen molar-refractivity contribution in [3.8, 4) is 0 Å². The number of hydrogen-bond acceptors (Lipinski definition) is 3. The van der Waals surface area contributed by atoms with Crippen LogP contribution in [0, 0.1) is 5.92 Å². The van der Waals surface area contributed by atoms with Crippen molar-refractivity contribution in [1.29, 1.82) is 0 Å². The van der Waals surface area contributed by atoms with E-state index in [1.807, 2.05) is 0 Å². The normalized spacial score (nSPS) is 34.5. The van der Waals surface area contributed by atoms with Gasteiger partial charge in [-0.15, -0.1) is 0 Å². The summed E-state index contributed by atoms with van der Waals surface area (Å²) < 4.78 is 5.67. The molecule has 0 bridgehead atoms. The minimum absolute atomic E-state index is 0.0199. The summed E-state index contributed by atoms with van der Waals surface area (Å²) >= 11 is 0. The quantitative estimate of drug-likeness (QED) is 0.814. The summed E-state index contributed by atoms with van der Waals surface area (Å²) in [5, 5.41) is 3.58. The minimum Gasteiger partial charge on any atom is -0.376 e. The predicted molar refractivity (Wildman–Crippen MR) is 80.4 cm³/mol. The molecule has 0 aromatic rings. The molecule has 0 aromatic heterocycles. The van der Waals surface area contributed by atoms with Crippen molar-refractivity contribution in [2.24, 2.45) is 5.92 Å². The fraction of sp³-hybridized carbons (Fsp3) is 0.938. The molecule has 0 radical (unpaired) electrons. The lowest BCUT2D eigenvalue weighted by molar-refractivity contribution is -0.133. The van der Waals surface area contributed by atoms with Gasteiger partial charge in [0.15, 0.2) is 0 Å². The molecule has 0 saturated carbocycles. The van der Waals surface area contributed by atoms with Crippen LogP contribution in [0.15, 0.2) is 0 Å². The number of rotatable bonds is 6. The zero-order valence-corrected chi connectivity index (χ0v) is 13.4. The highest BCUT2D eigenvalue weighted by Gasteiger charge is 2.45. The molecule has 2 rings (SSSR count). The van der Waals surface area contributed by atoms with Crippen LogP contribution in [0.4, 0.5) is 0 Å². The van der Waals surface area contributed by atoms with Crippen molar-refractivity contribution >= 4 is 5.91 Å². The van der Waals surface area contributed by atoms with E-state index < -0.39 is 0 Å². The number of amides is 1. The maximum Gasteiger partial charge on any atom is 0.241 e. The molecule has 20 heavy (non-hydrogen) atoms. The van der Waals surface area contributed by atoms with Crippen molar-refractivity contribution in [3.05, 3.63) is 0 Å². The van der Waals surface area contributed by atoms with Gasteiger partial charge in [0, 0.05) is 6.61 Å². The summed E-state index contributed by atoms with van der Waals surface area (Å²) in [6.07, 6.45) is 5.58. The van der Waals surface area contributed by atoms with E-state index in [1.54, 1.807) is 0 Å². The Balaban J connectivity index is 2.09. The highest BCUT2D eigenvalue weighted by molar-refractivity contribution is 5.84. The van der Waals surface area contributed by atoms with E-state index >= 15 is 0 Å². The second kappa shape index (κ2) is 6.90. The first-order valence-corrected chi connectivity index (χ1v) is 8.24. The van der Waals surface area contributed by atoms with E-state index in [4.69, 9.17) is 4.74 Å². The third kappa shape index (κ3) is 3.34. The number of carbonyl (C=O) groups is 1. The van der Waals surface area contributed by atoms with Crippen LogP contribution in [0.1, 0.15) is 59.8 Å². The molecule has 0 aromatic carbocycles. The zero-order chi connectivity index (χ0) is 14.7. The molecular formula is C16H30N2O2. The van der Waals surface area contributed by atoms with Gasteiger partial charge in [0.05, 0.1) is 24.4 Å². The van der Waals surface area contributed by atoms with Crippen LogP contribution in [-0.4, -0.2) is 41.8 Å². The molecule has 4 heteroatoms. The Bertz CT molecular complexity index is 332. The second-order valence-corrected chi connectivity index (χ2v) is 6.68. The molecule has 0 spiro atoms. The summed E-state index contributed by atoms with van der Waals surface area (Å²) in [6.45, 7) is 9.49. The Labute approximate surface area is 123 Å². The van der Waals surface area contributed by atoms with Crippen LogP contribution in [0.3, 0.4) is 0 Å². The Morgan fingerprint density at radius 1 is 1.45 bits per heavy atom. The van der Waals surface area contributed by atoms with Crippen molar-refractivity contribution in [2.75, 3.05) is 6.61 Å². The van der Waals surface area contributed by atoms with E-state index in [-0.39, 0.29) is 24.4 Å². The molecule has 2 heterocycles. The largest absolute Gasteiger partial charge is 0.376 e. The third-order valence-corrected chi connectivity index (χ3v) is 4.52. The van der Waals surface area contributed by atoms with Gasteiger partial charge in [-0.05, 0) is 32.1 Å². The molecule has 116 valence electrons. The summed E-state index contributed by atoms with van der Waals surface area (Å²) in [7, 11) is 0. The number of hydrogen-bond donors (Lipinski definition) is 1. The number of nitrogens with zero attached hydrogens (tertiary/aromatic N) is 1. The Hall–Kier alpha value is -0.610. The van der Waals surface area contributed by atoms with Crippen molar-refractivity contribution < 1.29 is 9.53 Å². The molecule has 2 fully saturated rings. The van der Waals surface area contributed by atoms with E-state index in [0.29, 0.717) is 11.8 Å². The van der Waals surface area contributed by atoms with Gasteiger partial charge >= 0.3 is 0 Å². The molecule has 2 saturated heterocycles. The highest BCUT2D eigenvalue weighted by Crippen LogP contribution is 2.29. The maximum absolute atomic E-state index is 12.7. The maximum atomic E-state index is 12.7. The molecule has 4 unspecified atom stereocenters. The highest BCUT2D eigenvalue weighted by atomic mass is 16.5. The summed E-state index contributed by atoms with van der Waals surface area (Å²) in [4.78, 5) is 14.9. The van der Waals surface area contributed by atoms with E-state index in [0.717, 1.165) is 38.7 Å². The van der Waals surface area contributed by atoms with Gasteiger partial charge in [-0.1, -0.05) is 33.6 Å². The molecule has 1 N–H and O–H groups in total. The van der Waals surface area contributed by atoms with Gasteiger partial charge in [0.2, 0.25) is 5.91 Å². The van der Waals surface area contributed by atoms with Crippen LogP contribution in [-0.2, 0) is 9.53 Å². The van der Waals surface area contributed by atoms with Crippen molar-refractivity contribution in [3.63, 3.8) is 0 Å². The molecule has 2 aliphatic rings. The summed E-state index contributed by atoms with van der Waals surface area (Å²) in [5.74, 6) is 0.886. The van der Waals surface area contributed by atoms with Crippen LogP contribution in [0.25, 0.3) is 0 Å². The number of unbranched alkanes of at least 4 members (excludes halogenated alkanes) is 1. The van der Waals surface area contributed by atoms with Gasteiger partial charge in [-0.2, -0.15) is 0 Å². The standard InChI is InChI=1S/C16H30N2O2/c1-5-6-7-13-16(19)18(14-8-9-20-12(14)4)15(17-13)10-11(2)3/h11-15,17H,5-10H2,1-4H3. The Kier molecular flexibility index (Phi) is 5.44. The SMILES string of the molecule is CCCCC1NC(CC(C)C)N(C2CCOC2C)C1=O. The molecule has 4 nitrogen and oxygen atoms in total. The van der Waals surface area contributed by atoms with Crippen LogP contribution >= 0.6 is 0 Å². The lowest BCUT2D eigenvalue weighted by Gasteiger charge is -2.32. The third-order valence-electron chi connectivity index (χ3n) is 4.52. The Morgan fingerprint density at radius 2 is 2.20 bits per heavy atom. The molecule has 2 aliphatic heterocycles. The lowest BCUT2D eigenvalue weighted by Crippen LogP contribution is -2.48. The van der Waals surface area contributed by atoms with Crippen LogP contribution in [0.5, 0.6) is 0 Å². The number of nitrogens with one attached hydrogen (secondary N) is 1. The Morgan fingerprint density at radius 3 is 2.75 bits per heavy atom. The first-order chi connectivity index (χ1) is 9.54. The topological polar surface area (TPSA) is 41.6 Å². The van der Waals surface area contributed by atoms with Crippen LogP contribution < -0.4 is 5.32 Å². The van der Waals surface area contributed by atoms with Gasteiger partial charge in [0.25, 0.3) is 0 Å². The predicted octanol–water partition coefficient (Wildman–Crippen LogP) is 2.53. The van der Waals surface area contributed by atoms with Crippen molar-refractivity contribution in [1.82, 2.24) is 10.2 Å². The monoisotopic (exact) mass is 282 g/mol. The lowest BCUT2D eigenvalue weighted by atomic mass is 10.0. The smallest absolute Gasteiger partial charge is 0.241 e. The average molecular weight is 282 g/mol. The van der Waals surface area contributed by atoms with Crippen molar-refractivity contribution in [2.45, 2.75) is 84.2 Å². The van der Waals surface area contributed by atoms with Gasteiger partial charge in [0.1, 0.15) is 0 Å². The first kappa shape index (κ1) is 15.8. The van der Waals surface area contributed by atoms with Gasteiger partial charge in [-0.3, -0.25) is 10.1 Å². The second-order valence-electron chi connectivity index (χ2n) is 6.68. The van der Waals surface area contributed by atoms with E-state index in [9.17, 15) is 4.79 Å². The zero-order valence-electron chi connectivity index (χ0n) is 13.4. The molecular weight excluding hydrogens is 252 g/mol. The van der Waals surface area contributed by atoms with Gasteiger partial charge in [-0.25, -0.2) is 0 Å². The van der Waals surface area contributed by atoms with E-state index in [2.05, 4.69) is 37.9 Å². The summed E-state index contributed by atoms with van der Waals surface area (Å²) in [5.41, 5.74) is 0. The van der Waals surface area contributed by atoms with Gasteiger partial charge < -0.3 is 9.64 Å².